The van der Waals surface area contributed by atoms with Crippen LogP contribution in [0, 0.1) is 0 Å². The fraction of sp³-hybridized carbons (Fsp3) is 0.125. The van der Waals surface area contributed by atoms with Crippen LogP contribution in [0.15, 0.2) is 60.7 Å². The number of amides is 1. The summed E-state index contributed by atoms with van der Waals surface area (Å²) in [5, 5.41) is 18.4. The molecule has 0 spiro atoms. The summed E-state index contributed by atoms with van der Waals surface area (Å²) in [5.41, 5.74) is 0.964. The number of benzene rings is 2. The van der Waals surface area contributed by atoms with Crippen molar-refractivity contribution in [3.63, 3.8) is 0 Å². The number of para-hydroxylation sites is 1. The lowest BCUT2D eigenvalue weighted by atomic mass is 10.1. The van der Waals surface area contributed by atoms with Gasteiger partial charge in [-0.15, -0.1) is 0 Å². The molecule has 0 aliphatic carbocycles. The molecule has 2 aromatic carbocycles. The highest BCUT2D eigenvalue weighted by molar-refractivity contribution is 6.06. The van der Waals surface area contributed by atoms with Crippen molar-refractivity contribution in [2.45, 2.75) is 6.10 Å². The summed E-state index contributed by atoms with van der Waals surface area (Å²) in [5.74, 6) is -1.72. The first-order valence-electron chi connectivity index (χ1n) is 6.42. The molecule has 0 aliphatic heterocycles. The van der Waals surface area contributed by atoms with Crippen LogP contribution in [-0.4, -0.2) is 34.7 Å². The molecule has 0 saturated heterocycles. The fourth-order valence-corrected chi connectivity index (χ4v) is 1.90. The van der Waals surface area contributed by atoms with Crippen molar-refractivity contribution in [3.8, 4) is 0 Å². The Balaban J connectivity index is 2.32. The van der Waals surface area contributed by atoms with Crippen molar-refractivity contribution < 1.29 is 19.8 Å². The number of aliphatic hydroxyl groups excluding tert-OH is 1. The second kappa shape index (κ2) is 6.67. The Morgan fingerprint density at radius 3 is 2.00 bits per heavy atom. The Bertz CT molecular complexity index is 613. The topological polar surface area (TPSA) is 77.8 Å². The first kappa shape index (κ1) is 14.7. The molecule has 0 fully saturated rings. The highest BCUT2D eigenvalue weighted by Crippen LogP contribution is 2.17. The number of aliphatic carboxylic acids is 1. The molecular formula is C16H15NO4. The molecule has 0 radical (unpaired) electrons. The zero-order chi connectivity index (χ0) is 15.2. The zero-order valence-corrected chi connectivity index (χ0v) is 11.2. The largest absolute Gasteiger partial charge is 0.479 e. The van der Waals surface area contributed by atoms with Crippen LogP contribution in [0.25, 0.3) is 0 Å². The molecule has 2 N–H and O–H groups in total. The highest BCUT2D eigenvalue weighted by Gasteiger charge is 2.24. The molecule has 5 nitrogen and oxygen atoms in total. The van der Waals surface area contributed by atoms with Gasteiger partial charge in [0.05, 0.1) is 6.54 Å². The second-order valence-corrected chi connectivity index (χ2v) is 4.47. The van der Waals surface area contributed by atoms with Gasteiger partial charge < -0.3 is 15.1 Å². The molecule has 1 amide bonds. The number of carbonyl (C=O) groups excluding carboxylic acids is 1. The summed E-state index contributed by atoms with van der Waals surface area (Å²) in [6, 6.07) is 17.2. The average molecular weight is 285 g/mol. The van der Waals surface area contributed by atoms with Crippen LogP contribution in [0.5, 0.6) is 0 Å². The molecular weight excluding hydrogens is 270 g/mol. The van der Waals surface area contributed by atoms with Gasteiger partial charge in [-0.1, -0.05) is 36.4 Å². The minimum absolute atomic E-state index is 0.312. The van der Waals surface area contributed by atoms with Crippen LogP contribution in [0.1, 0.15) is 10.4 Å². The van der Waals surface area contributed by atoms with Crippen LogP contribution in [0.3, 0.4) is 0 Å². The van der Waals surface area contributed by atoms with Crippen molar-refractivity contribution in [1.29, 1.82) is 0 Å². The molecule has 0 aliphatic rings. The Morgan fingerprint density at radius 1 is 0.952 bits per heavy atom. The third-order valence-corrected chi connectivity index (χ3v) is 2.97. The summed E-state index contributed by atoms with van der Waals surface area (Å²) in [7, 11) is 0. The normalized spacial score (nSPS) is 11.7. The van der Waals surface area contributed by atoms with Gasteiger partial charge in [-0.05, 0) is 24.3 Å². The van der Waals surface area contributed by atoms with Gasteiger partial charge >= 0.3 is 5.97 Å². The van der Waals surface area contributed by atoms with E-state index in [1.165, 1.54) is 4.90 Å². The number of nitrogens with zero attached hydrogens (tertiary/aromatic N) is 1. The molecule has 2 aromatic rings. The monoisotopic (exact) mass is 285 g/mol. The molecule has 108 valence electrons. The van der Waals surface area contributed by atoms with E-state index in [4.69, 9.17) is 5.11 Å². The molecule has 5 heteroatoms. The van der Waals surface area contributed by atoms with Crippen molar-refractivity contribution in [3.05, 3.63) is 66.2 Å². The third kappa shape index (κ3) is 3.67. The van der Waals surface area contributed by atoms with Crippen LogP contribution in [0.2, 0.25) is 0 Å². The molecule has 2 rings (SSSR count). The smallest absolute Gasteiger partial charge is 0.334 e. The Labute approximate surface area is 122 Å². The number of carbonyl (C=O) groups is 2. The van der Waals surface area contributed by atoms with Crippen molar-refractivity contribution in [2.24, 2.45) is 0 Å². The molecule has 0 aromatic heterocycles. The molecule has 1 atom stereocenters. The minimum atomic E-state index is -1.64. The molecule has 0 saturated carbocycles. The summed E-state index contributed by atoms with van der Waals surface area (Å²) in [6.45, 7) is -0.312. The summed E-state index contributed by atoms with van der Waals surface area (Å²) in [4.78, 5) is 24.6. The first-order valence-corrected chi connectivity index (χ1v) is 6.42. The Morgan fingerprint density at radius 2 is 1.48 bits per heavy atom. The van der Waals surface area contributed by atoms with E-state index in [1.54, 1.807) is 60.7 Å². The van der Waals surface area contributed by atoms with Gasteiger partial charge in [0, 0.05) is 11.3 Å². The van der Waals surface area contributed by atoms with Gasteiger partial charge in [-0.3, -0.25) is 4.79 Å². The van der Waals surface area contributed by atoms with Crippen LogP contribution in [0.4, 0.5) is 5.69 Å². The van der Waals surface area contributed by atoms with Crippen molar-refractivity contribution in [1.82, 2.24) is 0 Å². The minimum Gasteiger partial charge on any atom is -0.479 e. The van der Waals surface area contributed by atoms with E-state index in [9.17, 15) is 14.7 Å². The van der Waals surface area contributed by atoms with Crippen molar-refractivity contribution in [2.75, 3.05) is 11.4 Å². The van der Waals surface area contributed by atoms with E-state index in [2.05, 4.69) is 0 Å². The maximum absolute atomic E-state index is 12.5. The average Bonchev–Trinajstić information content (AvgIpc) is 2.53. The Kier molecular flexibility index (Phi) is 4.68. The first-order chi connectivity index (χ1) is 10.1. The summed E-state index contributed by atoms with van der Waals surface area (Å²) >= 11 is 0. The lowest BCUT2D eigenvalue weighted by molar-refractivity contribution is -0.145. The predicted octanol–water partition coefficient (Wildman–Crippen LogP) is 1.78. The third-order valence-electron chi connectivity index (χ3n) is 2.97. The van der Waals surface area contributed by atoms with E-state index in [0.29, 0.717) is 11.3 Å². The number of hydrogen-bond acceptors (Lipinski definition) is 3. The number of hydrogen-bond donors (Lipinski definition) is 2. The number of carboxylic acid groups (broad SMARTS) is 1. The predicted molar refractivity (Wildman–Crippen MR) is 78.2 cm³/mol. The van der Waals surface area contributed by atoms with E-state index in [-0.39, 0.29) is 12.5 Å². The highest BCUT2D eigenvalue weighted by atomic mass is 16.4. The number of anilines is 1. The van der Waals surface area contributed by atoms with Gasteiger partial charge in [0.15, 0.2) is 6.10 Å². The summed E-state index contributed by atoms with van der Waals surface area (Å²) in [6.07, 6.45) is -1.64. The van der Waals surface area contributed by atoms with E-state index < -0.39 is 12.1 Å². The van der Waals surface area contributed by atoms with Crippen LogP contribution < -0.4 is 4.90 Å². The quantitative estimate of drug-likeness (QED) is 0.877. The molecule has 0 heterocycles. The Hall–Kier alpha value is -2.66. The van der Waals surface area contributed by atoms with Gasteiger partial charge in [0.2, 0.25) is 0 Å². The summed E-state index contributed by atoms with van der Waals surface area (Å²) < 4.78 is 0. The van der Waals surface area contributed by atoms with Crippen LogP contribution in [-0.2, 0) is 4.79 Å². The lowest BCUT2D eigenvalue weighted by Crippen LogP contribution is -2.40. The van der Waals surface area contributed by atoms with Gasteiger partial charge in [-0.2, -0.15) is 0 Å². The second-order valence-electron chi connectivity index (χ2n) is 4.47. The van der Waals surface area contributed by atoms with Gasteiger partial charge in [0.25, 0.3) is 5.91 Å². The molecule has 21 heavy (non-hydrogen) atoms. The van der Waals surface area contributed by atoms with E-state index >= 15 is 0 Å². The van der Waals surface area contributed by atoms with Gasteiger partial charge in [0.1, 0.15) is 0 Å². The standard InChI is InChI=1S/C16H15NO4/c18-14(16(20)21)11-17(13-9-5-2-6-10-13)15(19)12-7-3-1-4-8-12/h1-10,14,18H,11H2,(H,20,21). The SMILES string of the molecule is O=C(O)C(O)CN(C(=O)c1ccccc1)c1ccccc1. The fourth-order valence-electron chi connectivity index (χ4n) is 1.90. The zero-order valence-electron chi connectivity index (χ0n) is 11.2. The number of aliphatic hydroxyl groups is 1. The van der Waals surface area contributed by atoms with Crippen LogP contribution >= 0.6 is 0 Å². The maximum Gasteiger partial charge on any atom is 0.334 e. The maximum atomic E-state index is 12.5. The molecule has 1 unspecified atom stereocenters. The lowest BCUT2D eigenvalue weighted by Gasteiger charge is -2.24. The van der Waals surface area contributed by atoms with Gasteiger partial charge in [-0.25, -0.2) is 4.79 Å². The molecule has 0 bridgehead atoms. The van der Waals surface area contributed by atoms with Crippen molar-refractivity contribution >= 4 is 17.6 Å². The van der Waals surface area contributed by atoms with E-state index in [0.717, 1.165) is 0 Å². The van der Waals surface area contributed by atoms with E-state index in [1.807, 2.05) is 0 Å². The number of carboxylic acids is 1. The number of rotatable bonds is 5.